The average molecular weight is 257 g/mol. The molecule has 1 aromatic carbocycles. The highest BCUT2D eigenvalue weighted by molar-refractivity contribution is 5.56. The summed E-state index contributed by atoms with van der Waals surface area (Å²) in [6, 6.07) is 9.17. The second-order valence-corrected chi connectivity index (χ2v) is 5.27. The lowest BCUT2D eigenvalue weighted by Gasteiger charge is -2.21. The average Bonchev–Trinajstić information content (AvgIpc) is 2.88. The van der Waals surface area contributed by atoms with Gasteiger partial charge < -0.3 is 9.84 Å². The molecular weight excluding hydrogens is 238 g/mol. The highest BCUT2D eigenvalue weighted by Gasteiger charge is 2.16. The van der Waals surface area contributed by atoms with Crippen molar-refractivity contribution in [3.8, 4) is 11.4 Å². The second kappa shape index (κ2) is 5.43. The highest BCUT2D eigenvalue weighted by atomic mass is 16.5. The fourth-order valence-corrected chi connectivity index (χ4v) is 2.61. The van der Waals surface area contributed by atoms with Crippen LogP contribution in [-0.4, -0.2) is 16.2 Å². The molecule has 1 aliphatic carbocycles. The van der Waals surface area contributed by atoms with Gasteiger partial charge in [-0.2, -0.15) is 4.98 Å². The summed E-state index contributed by atoms with van der Waals surface area (Å²) < 4.78 is 5.29. The van der Waals surface area contributed by atoms with Crippen molar-refractivity contribution in [3.05, 3.63) is 29.8 Å². The molecule has 0 atom stereocenters. The Labute approximate surface area is 113 Å². The van der Waals surface area contributed by atoms with Crippen molar-refractivity contribution in [3.63, 3.8) is 0 Å². The van der Waals surface area contributed by atoms with Gasteiger partial charge in [-0.15, -0.1) is 0 Å². The van der Waals surface area contributed by atoms with Gasteiger partial charge in [0.2, 0.25) is 5.82 Å². The number of hydrogen-bond donors (Lipinski definition) is 1. The van der Waals surface area contributed by atoms with Gasteiger partial charge in [0.05, 0.1) is 0 Å². The molecule has 2 aromatic rings. The van der Waals surface area contributed by atoms with Crippen LogP contribution in [0.15, 0.2) is 28.8 Å². The van der Waals surface area contributed by atoms with Gasteiger partial charge in [0, 0.05) is 11.6 Å². The van der Waals surface area contributed by atoms with Crippen LogP contribution < -0.4 is 5.32 Å². The normalized spacial score (nSPS) is 16.5. The minimum Gasteiger partial charge on any atom is -0.335 e. The summed E-state index contributed by atoms with van der Waals surface area (Å²) in [4.78, 5) is 4.43. The van der Waals surface area contributed by atoms with Crippen molar-refractivity contribution >= 4 is 6.01 Å². The van der Waals surface area contributed by atoms with Crippen molar-refractivity contribution in [1.82, 2.24) is 10.1 Å². The Hall–Kier alpha value is -1.84. The Morgan fingerprint density at radius 1 is 1.21 bits per heavy atom. The van der Waals surface area contributed by atoms with E-state index in [1.54, 1.807) is 0 Å². The summed E-state index contributed by atoms with van der Waals surface area (Å²) in [5.74, 6) is 0.655. The van der Waals surface area contributed by atoms with Crippen molar-refractivity contribution in [2.45, 2.75) is 45.1 Å². The van der Waals surface area contributed by atoms with Crippen LogP contribution in [0.2, 0.25) is 0 Å². The van der Waals surface area contributed by atoms with Crippen molar-refractivity contribution < 1.29 is 4.52 Å². The van der Waals surface area contributed by atoms with E-state index in [0.29, 0.717) is 17.9 Å². The van der Waals surface area contributed by atoms with E-state index >= 15 is 0 Å². The van der Waals surface area contributed by atoms with Crippen molar-refractivity contribution in [2.24, 2.45) is 0 Å². The summed E-state index contributed by atoms with van der Waals surface area (Å²) in [6.45, 7) is 2.06. The van der Waals surface area contributed by atoms with Crippen LogP contribution in [-0.2, 0) is 0 Å². The lowest BCUT2D eigenvalue weighted by atomic mass is 9.96. The number of rotatable bonds is 3. The third-order valence-electron chi connectivity index (χ3n) is 3.64. The molecule has 4 heteroatoms. The molecule has 3 rings (SSSR count). The zero-order valence-electron chi connectivity index (χ0n) is 11.2. The van der Waals surface area contributed by atoms with E-state index in [1.165, 1.54) is 37.7 Å². The molecule has 0 saturated heterocycles. The van der Waals surface area contributed by atoms with Crippen LogP contribution in [0.1, 0.15) is 37.7 Å². The highest BCUT2D eigenvalue weighted by Crippen LogP contribution is 2.23. The Morgan fingerprint density at radius 2 is 2.05 bits per heavy atom. The number of aromatic nitrogens is 2. The maximum Gasteiger partial charge on any atom is 0.322 e. The van der Waals surface area contributed by atoms with E-state index in [1.807, 2.05) is 12.1 Å². The molecule has 19 heavy (non-hydrogen) atoms. The van der Waals surface area contributed by atoms with Crippen LogP contribution in [0.4, 0.5) is 6.01 Å². The maximum absolute atomic E-state index is 5.29. The van der Waals surface area contributed by atoms with Crippen molar-refractivity contribution in [1.29, 1.82) is 0 Å². The third-order valence-corrected chi connectivity index (χ3v) is 3.64. The molecule has 0 unspecified atom stereocenters. The zero-order valence-corrected chi connectivity index (χ0v) is 11.2. The van der Waals surface area contributed by atoms with Crippen LogP contribution in [0, 0.1) is 6.92 Å². The van der Waals surface area contributed by atoms with Gasteiger partial charge in [-0.3, -0.25) is 0 Å². The van der Waals surface area contributed by atoms with Crippen LogP contribution in [0.3, 0.4) is 0 Å². The molecule has 0 aliphatic heterocycles. The second-order valence-electron chi connectivity index (χ2n) is 5.27. The predicted molar refractivity (Wildman–Crippen MR) is 75.0 cm³/mol. The Kier molecular flexibility index (Phi) is 3.49. The molecule has 1 aliphatic rings. The monoisotopic (exact) mass is 257 g/mol. The first-order chi connectivity index (χ1) is 9.31. The largest absolute Gasteiger partial charge is 0.335 e. The van der Waals surface area contributed by atoms with Gasteiger partial charge >= 0.3 is 6.01 Å². The summed E-state index contributed by atoms with van der Waals surface area (Å²) in [5.41, 5.74) is 2.20. The molecule has 0 spiro atoms. The van der Waals surface area contributed by atoms with E-state index in [-0.39, 0.29) is 0 Å². The van der Waals surface area contributed by atoms with Gasteiger partial charge in [0.25, 0.3) is 0 Å². The number of aryl methyl sites for hydroxylation is 1. The standard InChI is InChI=1S/C15H19N3O/c1-11-6-5-7-12(10-11)14-17-15(19-18-14)16-13-8-3-2-4-9-13/h5-7,10,13H,2-4,8-9H2,1H3,(H,16,17,18). The van der Waals surface area contributed by atoms with Crippen LogP contribution >= 0.6 is 0 Å². The molecule has 1 aromatic heterocycles. The Morgan fingerprint density at radius 3 is 2.84 bits per heavy atom. The van der Waals surface area contributed by atoms with E-state index in [2.05, 4.69) is 34.5 Å². The van der Waals surface area contributed by atoms with E-state index in [0.717, 1.165) is 5.56 Å². The van der Waals surface area contributed by atoms with Crippen LogP contribution in [0.25, 0.3) is 11.4 Å². The molecule has 0 amide bonds. The SMILES string of the molecule is Cc1cccc(-c2noc(NC3CCCCC3)n2)c1. The maximum atomic E-state index is 5.29. The van der Waals surface area contributed by atoms with E-state index < -0.39 is 0 Å². The molecule has 1 heterocycles. The number of nitrogens with zero attached hydrogens (tertiary/aromatic N) is 2. The molecule has 0 radical (unpaired) electrons. The fraction of sp³-hybridized carbons (Fsp3) is 0.467. The minimum absolute atomic E-state index is 0.486. The van der Waals surface area contributed by atoms with E-state index in [4.69, 9.17) is 4.52 Å². The number of hydrogen-bond acceptors (Lipinski definition) is 4. The third kappa shape index (κ3) is 2.95. The lowest BCUT2D eigenvalue weighted by molar-refractivity contribution is 0.407. The van der Waals surface area contributed by atoms with Gasteiger partial charge in [0.15, 0.2) is 0 Å². The predicted octanol–water partition coefficient (Wildman–Crippen LogP) is 3.79. The van der Waals surface area contributed by atoms with E-state index in [9.17, 15) is 0 Å². The Bertz CT molecular complexity index is 544. The van der Waals surface area contributed by atoms with Gasteiger partial charge in [-0.25, -0.2) is 0 Å². The fourth-order valence-electron chi connectivity index (χ4n) is 2.61. The molecule has 1 fully saturated rings. The Balaban J connectivity index is 1.72. The van der Waals surface area contributed by atoms with Gasteiger partial charge in [-0.1, -0.05) is 48.2 Å². The summed E-state index contributed by atoms with van der Waals surface area (Å²) in [7, 11) is 0. The topological polar surface area (TPSA) is 51.0 Å². The molecule has 0 bridgehead atoms. The number of nitrogens with one attached hydrogen (secondary N) is 1. The first-order valence-corrected chi connectivity index (χ1v) is 6.98. The first kappa shape index (κ1) is 12.2. The first-order valence-electron chi connectivity index (χ1n) is 6.98. The smallest absolute Gasteiger partial charge is 0.322 e. The summed E-state index contributed by atoms with van der Waals surface area (Å²) in [6.07, 6.45) is 6.31. The van der Waals surface area contributed by atoms with Crippen molar-refractivity contribution in [2.75, 3.05) is 5.32 Å². The quantitative estimate of drug-likeness (QED) is 0.908. The number of benzene rings is 1. The minimum atomic E-state index is 0.486. The molecular formula is C15H19N3O. The van der Waals surface area contributed by atoms with Gasteiger partial charge in [-0.05, 0) is 25.8 Å². The molecule has 1 N–H and O–H groups in total. The van der Waals surface area contributed by atoms with Crippen LogP contribution in [0.5, 0.6) is 0 Å². The molecule has 4 nitrogen and oxygen atoms in total. The lowest BCUT2D eigenvalue weighted by Crippen LogP contribution is -2.22. The number of anilines is 1. The molecule has 100 valence electrons. The molecule has 1 saturated carbocycles. The van der Waals surface area contributed by atoms with Gasteiger partial charge in [0.1, 0.15) is 0 Å². The summed E-state index contributed by atoms with van der Waals surface area (Å²) in [5, 5.41) is 7.39. The summed E-state index contributed by atoms with van der Waals surface area (Å²) >= 11 is 0. The zero-order chi connectivity index (χ0) is 13.1.